The van der Waals surface area contributed by atoms with Gasteiger partial charge in [0.1, 0.15) is 0 Å². The Morgan fingerprint density at radius 3 is 1.72 bits per heavy atom. The van der Waals surface area contributed by atoms with Crippen LogP contribution >= 0.6 is 15.2 Å². The molecule has 1 aliphatic carbocycles. The zero-order valence-electron chi connectivity index (χ0n) is 9.71. The first-order chi connectivity index (χ1) is 7.97. The summed E-state index contributed by atoms with van der Waals surface area (Å²) in [5.74, 6) is -0.352. The minimum atomic E-state index is -5.33. The Morgan fingerprint density at radius 1 is 1.00 bits per heavy atom. The molecule has 0 atom stereocenters. The van der Waals surface area contributed by atoms with Crippen molar-refractivity contribution in [2.45, 2.75) is 43.2 Å². The van der Waals surface area contributed by atoms with Crippen LogP contribution in [0.1, 0.15) is 32.1 Å². The summed E-state index contributed by atoms with van der Waals surface area (Å²) in [5, 5.41) is 6.46. The summed E-state index contributed by atoms with van der Waals surface area (Å²) in [7, 11) is -10.7. The van der Waals surface area contributed by atoms with Gasteiger partial charge in [-0.2, -0.15) is 0 Å². The Morgan fingerprint density at radius 2 is 1.39 bits per heavy atom. The first-order valence-electron chi connectivity index (χ1n) is 5.56. The predicted octanol–water partition coefficient (Wildman–Crippen LogP) is -0.105. The summed E-state index contributed by atoms with van der Waals surface area (Å²) < 4.78 is 22.3. The van der Waals surface area contributed by atoms with Gasteiger partial charge in [0.25, 0.3) is 5.08 Å². The van der Waals surface area contributed by atoms with Crippen molar-refractivity contribution in [2.24, 2.45) is 11.7 Å². The molecule has 0 aliphatic heterocycles. The first-order valence-corrected chi connectivity index (χ1v) is 8.79. The lowest BCUT2D eigenvalue weighted by molar-refractivity contribution is 0.0972. The van der Waals surface area contributed by atoms with Gasteiger partial charge in [0.2, 0.25) is 0 Å². The van der Waals surface area contributed by atoms with Crippen LogP contribution in [0.25, 0.3) is 0 Å². The van der Waals surface area contributed by atoms with Gasteiger partial charge in [0.05, 0.1) is 0 Å². The van der Waals surface area contributed by atoms with E-state index >= 15 is 0 Å². The second-order valence-electron chi connectivity index (χ2n) is 4.85. The monoisotopic (exact) mass is 303 g/mol. The normalized spacial score (nSPS) is 27.2. The van der Waals surface area contributed by atoms with Crippen LogP contribution in [-0.4, -0.2) is 35.8 Å². The van der Waals surface area contributed by atoms with Crippen LogP contribution in [0.15, 0.2) is 0 Å². The first kappa shape index (κ1) is 16.3. The van der Waals surface area contributed by atoms with Crippen LogP contribution in [0.4, 0.5) is 0 Å². The molecule has 0 aromatic rings. The number of hydrogen-bond donors (Lipinski definition) is 6. The van der Waals surface area contributed by atoms with Gasteiger partial charge in [-0.05, 0) is 31.6 Å². The number of hydrogen-bond acceptors (Lipinski definition) is 4. The van der Waals surface area contributed by atoms with Crippen molar-refractivity contribution in [3.63, 3.8) is 0 Å². The largest absolute Gasteiger partial charge is 0.369 e. The van der Waals surface area contributed by atoms with E-state index in [1.165, 1.54) is 0 Å². The Kier molecular flexibility index (Phi) is 4.80. The van der Waals surface area contributed by atoms with E-state index < -0.39 is 26.7 Å². The maximum absolute atomic E-state index is 11.2. The van der Waals surface area contributed by atoms with Crippen molar-refractivity contribution in [2.75, 3.05) is 0 Å². The lowest BCUT2D eigenvalue weighted by Gasteiger charge is -2.34. The Labute approximate surface area is 105 Å². The van der Waals surface area contributed by atoms with E-state index in [2.05, 4.69) is 0 Å². The maximum atomic E-state index is 11.2. The fraction of sp³-hybridized carbons (Fsp3) is 1.00. The number of nitrogens with two attached hydrogens (primary N) is 1. The number of rotatable bonds is 4. The van der Waals surface area contributed by atoms with E-state index in [4.69, 9.17) is 25.3 Å². The quantitative estimate of drug-likeness (QED) is 0.392. The van der Waals surface area contributed by atoms with Gasteiger partial charge in [0, 0.05) is 12.5 Å². The smallest absolute Gasteiger partial charge is 0.368 e. The summed E-state index contributed by atoms with van der Waals surface area (Å²) in [6, 6.07) is -0.000502. The number of aliphatic hydroxyl groups is 1. The third-order valence-corrected chi connectivity index (χ3v) is 7.18. The van der Waals surface area contributed by atoms with Crippen LogP contribution in [0.5, 0.6) is 0 Å². The molecule has 0 heterocycles. The van der Waals surface area contributed by atoms with E-state index in [1.807, 2.05) is 0 Å². The molecule has 1 aliphatic rings. The highest BCUT2D eigenvalue weighted by Crippen LogP contribution is 2.70. The highest BCUT2D eigenvalue weighted by atomic mass is 31.2. The van der Waals surface area contributed by atoms with Gasteiger partial charge in [-0.1, -0.05) is 0 Å². The Hall–Kier alpha value is 0.220. The highest BCUT2D eigenvalue weighted by Gasteiger charge is 2.59. The molecule has 0 spiro atoms. The molecular weight excluding hydrogens is 284 g/mol. The lowest BCUT2D eigenvalue weighted by atomic mass is 9.84. The summed E-state index contributed by atoms with van der Waals surface area (Å²) in [6.45, 7) is 0. The maximum Gasteiger partial charge on any atom is 0.369 e. The third kappa shape index (κ3) is 3.40. The molecule has 0 aromatic heterocycles. The summed E-state index contributed by atoms with van der Waals surface area (Å²) in [5.41, 5.74) is 5.66. The average molecular weight is 303 g/mol. The van der Waals surface area contributed by atoms with Crippen LogP contribution in [-0.2, 0) is 9.13 Å². The molecule has 10 heteroatoms. The molecular formula is C8H19NO7P2. The zero-order valence-corrected chi connectivity index (χ0v) is 11.5. The molecule has 0 bridgehead atoms. The van der Waals surface area contributed by atoms with E-state index in [9.17, 15) is 14.2 Å². The molecule has 0 aromatic carbocycles. The molecule has 0 radical (unpaired) electrons. The Balaban J connectivity index is 2.88. The van der Waals surface area contributed by atoms with Crippen LogP contribution in [0.3, 0.4) is 0 Å². The SMILES string of the molecule is NC1CCC(CC(O)(P(=O)(O)O)P(=O)(O)O)CC1. The Bertz CT molecular complexity index is 359. The van der Waals surface area contributed by atoms with Crippen LogP contribution < -0.4 is 5.73 Å². The predicted molar refractivity (Wildman–Crippen MR) is 63.6 cm³/mol. The van der Waals surface area contributed by atoms with E-state index in [1.54, 1.807) is 0 Å². The molecule has 18 heavy (non-hydrogen) atoms. The molecule has 0 amide bonds. The molecule has 108 valence electrons. The lowest BCUT2D eigenvalue weighted by Crippen LogP contribution is -2.34. The van der Waals surface area contributed by atoms with Gasteiger partial charge in [-0.3, -0.25) is 9.13 Å². The topological polar surface area (TPSA) is 161 Å². The average Bonchev–Trinajstić information content (AvgIpc) is 2.18. The minimum absolute atomic E-state index is 0.000502. The summed E-state index contributed by atoms with van der Waals surface area (Å²) >= 11 is 0. The van der Waals surface area contributed by atoms with Crippen molar-refractivity contribution in [3.8, 4) is 0 Å². The summed E-state index contributed by atoms with van der Waals surface area (Å²) in [4.78, 5) is 36.0. The van der Waals surface area contributed by atoms with Gasteiger partial charge in [-0.25, -0.2) is 0 Å². The standard InChI is InChI=1S/C8H19NO7P2/c9-7-3-1-6(2-4-7)5-8(10,17(11,12)13)18(14,15)16/h6-7,10H,1-5,9H2,(H2,11,12,13)(H2,14,15,16). The molecule has 8 nitrogen and oxygen atoms in total. The highest BCUT2D eigenvalue weighted by molar-refractivity contribution is 7.72. The van der Waals surface area contributed by atoms with Crippen molar-refractivity contribution in [3.05, 3.63) is 0 Å². The molecule has 0 saturated heterocycles. The molecule has 0 unspecified atom stereocenters. The fourth-order valence-corrected chi connectivity index (χ4v) is 4.54. The minimum Gasteiger partial charge on any atom is -0.368 e. The van der Waals surface area contributed by atoms with Crippen LogP contribution in [0, 0.1) is 5.92 Å². The van der Waals surface area contributed by atoms with Crippen molar-refractivity contribution < 1.29 is 33.8 Å². The molecule has 1 rings (SSSR count). The van der Waals surface area contributed by atoms with Crippen molar-refractivity contribution >= 4 is 15.2 Å². The van der Waals surface area contributed by atoms with Crippen LogP contribution in [0.2, 0.25) is 0 Å². The van der Waals surface area contributed by atoms with Gasteiger partial charge in [0.15, 0.2) is 0 Å². The molecule has 1 fully saturated rings. The molecule has 1 saturated carbocycles. The fourth-order valence-electron chi connectivity index (χ4n) is 2.19. The van der Waals surface area contributed by atoms with Gasteiger partial charge >= 0.3 is 15.2 Å². The third-order valence-electron chi connectivity index (χ3n) is 3.39. The van der Waals surface area contributed by atoms with Crippen molar-refractivity contribution in [1.29, 1.82) is 0 Å². The van der Waals surface area contributed by atoms with E-state index in [-0.39, 0.29) is 12.0 Å². The van der Waals surface area contributed by atoms with Gasteiger partial charge < -0.3 is 30.4 Å². The molecule has 7 N–H and O–H groups in total. The summed E-state index contributed by atoms with van der Waals surface area (Å²) in [6.07, 6.45) is 1.59. The van der Waals surface area contributed by atoms with Crippen molar-refractivity contribution in [1.82, 2.24) is 0 Å². The van der Waals surface area contributed by atoms with E-state index in [0.29, 0.717) is 25.7 Å². The zero-order chi connectivity index (χ0) is 14.2. The van der Waals surface area contributed by atoms with Gasteiger partial charge in [-0.15, -0.1) is 0 Å². The second-order valence-corrected chi connectivity index (χ2v) is 8.86. The second kappa shape index (κ2) is 5.31. The van der Waals surface area contributed by atoms with E-state index in [0.717, 1.165) is 0 Å².